The second-order valence-corrected chi connectivity index (χ2v) is 4.70. The number of aliphatic imine (C=N–C) groups is 1. The first-order valence-corrected chi connectivity index (χ1v) is 6.40. The topological polar surface area (TPSA) is 102 Å². The number of nitrogens with zero attached hydrogens (tertiary/aromatic N) is 1. The Bertz CT molecular complexity index is 542. The van der Waals surface area contributed by atoms with Gasteiger partial charge in [-0.25, -0.2) is 4.99 Å². The molecular formula is C9H11ClN2O4S. The highest BCUT2D eigenvalue weighted by Gasteiger charge is 2.16. The van der Waals surface area contributed by atoms with Crippen molar-refractivity contribution in [3.63, 3.8) is 0 Å². The molecule has 0 unspecified atom stereocenters. The number of rotatable bonds is 4. The van der Waals surface area contributed by atoms with Crippen LogP contribution in [0.3, 0.4) is 0 Å². The van der Waals surface area contributed by atoms with Crippen LogP contribution in [-0.2, 0) is 10.1 Å². The molecule has 0 aliphatic rings. The summed E-state index contributed by atoms with van der Waals surface area (Å²) in [5, 5.41) is 0. The van der Waals surface area contributed by atoms with Gasteiger partial charge in [-0.2, -0.15) is 8.42 Å². The minimum absolute atomic E-state index is 0.0231. The summed E-state index contributed by atoms with van der Waals surface area (Å²) in [4.78, 5) is 3.44. The van der Waals surface area contributed by atoms with Gasteiger partial charge in [-0.1, -0.05) is 0 Å². The summed E-state index contributed by atoms with van der Waals surface area (Å²) in [6, 6.07) is 3.90. The Morgan fingerprint density at radius 3 is 2.71 bits per heavy atom. The molecule has 0 heterocycles. The Balaban J connectivity index is 3.42. The fraction of sp³-hybridized carbons (Fsp3) is 0.222. The van der Waals surface area contributed by atoms with Gasteiger partial charge in [-0.15, -0.1) is 11.6 Å². The number of hydrogen-bond donors (Lipinski definition) is 2. The molecule has 1 aromatic carbocycles. The molecule has 17 heavy (non-hydrogen) atoms. The summed E-state index contributed by atoms with van der Waals surface area (Å²) in [6.07, 6.45) is 0. The van der Waals surface area contributed by atoms with Crippen molar-refractivity contribution in [1.82, 2.24) is 0 Å². The van der Waals surface area contributed by atoms with Crippen molar-refractivity contribution in [2.75, 3.05) is 13.0 Å². The molecule has 1 rings (SSSR count). The summed E-state index contributed by atoms with van der Waals surface area (Å²) < 4.78 is 36.1. The van der Waals surface area contributed by atoms with E-state index in [1.807, 2.05) is 0 Å². The molecule has 0 saturated heterocycles. The quantitative estimate of drug-likeness (QED) is 0.372. The van der Waals surface area contributed by atoms with Crippen LogP contribution in [0.15, 0.2) is 28.1 Å². The van der Waals surface area contributed by atoms with Crippen molar-refractivity contribution in [3.05, 3.63) is 18.2 Å². The van der Waals surface area contributed by atoms with Crippen molar-refractivity contribution < 1.29 is 17.7 Å². The molecule has 0 spiro atoms. The lowest BCUT2D eigenvalue weighted by Gasteiger charge is -2.06. The van der Waals surface area contributed by atoms with Crippen molar-refractivity contribution in [1.29, 1.82) is 0 Å². The maximum absolute atomic E-state index is 11.1. The molecule has 0 radical (unpaired) electrons. The molecule has 8 heteroatoms. The van der Waals surface area contributed by atoms with E-state index in [0.717, 1.165) is 0 Å². The van der Waals surface area contributed by atoms with Crippen molar-refractivity contribution in [2.45, 2.75) is 4.90 Å². The predicted molar refractivity (Wildman–Crippen MR) is 64.8 cm³/mol. The summed E-state index contributed by atoms with van der Waals surface area (Å²) >= 11 is 5.44. The van der Waals surface area contributed by atoms with Gasteiger partial charge in [0.05, 0.1) is 18.7 Å². The number of methoxy groups -OCH3 is 1. The largest absolute Gasteiger partial charge is 0.497 e. The highest BCUT2D eigenvalue weighted by atomic mass is 35.5. The van der Waals surface area contributed by atoms with Crippen LogP contribution in [0.1, 0.15) is 0 Å². The zero-order chi connectivity index (χ0) is 13.1. The Hall–Kier alpha value is -1.31. The highest BCUT2D eigenvalue weighted by Crippen LogP contribution is 2.28. The highest BCUT2D eigenvalue weighted by molar-refractivity contribution is 7.86. The third kappa shape index (κ3) is 3.58. The van der Waals surface area contributed by atoms with E-state index in [2.05, 4.69) is 4.99 Å². The van der Waals surface area contributed by atoms with Crippen LogP contribution in [0.2, 0.25) is 0 Å². The maximum Gasteiger partial charge on any atom is 0.296 e. The van der Waals surface area contributed by atoms with E-state index in [-0.39, 0.29) is 22.3 Å². The van der Waals surface area contributed by atoms with E-state index in [0.29, 0.717) is 5.75 Å². The fourth-order valence-electron chi connectivity index (χ4n) is 1.11. The summed E-state index contributed by atoms with van der Waals surface area (Å²) in [5.41, 5.74) is 5.39. The van der Waals surface area contributed by atoms with E-state index in [4.69, 9.17) is 26.6 Å². The summed E-state index contributed by atoms with van der Waals surface area (Å²) in [7, 11) is -2.96. The van der Waals surface area contributed by atoms with E-state index in [1.54, 1.807) is 0 Å². The van der Waals surface area contributed by atoms with Gasteiger partial charge in [0.25, 0.3) is 10.1 Å². The van der Waals surface area contributed by atoms with Gasteiger partial charge in [0, 0.05) is 6.07 Å². The summed E-state index contributed by atoms with van der Waals surface area (Å²) in [6.45, 7) is 0. The molecule has 6 nitrogen and oxygen atoms in total. The average Bonchev–Trinajstić information content (AvgIpc) is 2.27. The van der Waals surface area contributed by atoms with Gasteiger partial charge in [-0.05, 0) is 12.1 Å². The van der Waals surface area contributed by atoms with Crippen molar-refractivity contribution in [2.24, 2.45) is 10.7 Å². The van der Waals surface area contributed by atoms with E-state index < -0.39 is 10.1 Å². The fourth-order valence-corrected chi connectivity index (χ4v) is 1.78. The van der Waals surface area contributed by atoms with Crippen LogP contribution in [0.4, 0.5) is 5.69 Å². The minimum Gasteiger partial charge on any atom is -0.497 e. The van der Waals surface area contributed by atoms with Gasteiger partial charge < -0.3 is 10.5 Å². The van der Waals surface area contributed by atoms with E-state index in [9.17, 15) is 8.42 Å². The van der Waals surface area contributed by atoms with Crippen LogP contribution in [-0.4, -0.2) is 31.8 Å². The van der Waals surface area contributed by atoms with Crippen LogP contribution < -0.4 is 10.5 Å². The van der Waals surface area contributed by atoms with Crippen LogP contribution in [0.25, 0.3) is 0 Å². The zero-order valence-electron chi connectivity index (χ0n) is 8.92. The number of amidine groups is 1. The van der Waals surface area contributed by atoms with Gasteiger partial charge in [0.1, 0.15) is 16.5 Å². The Morgan fingerprint density at radius 1 is 1.59 bits per heavy atom. The lowest BCUT2D eigenvalue weighted by molar-refractivity contribution is 0.414. The second-order valence-electron chi connectivity index (χ2n) is 3.05. The number of halogens is 1. The molecule has 1 aromatic rings. The first-order valence-electron chi connectivity index (χ1n) is 4.43. The number of benzene rings is 1. The third-order valence-electron chi connectivity index (χ3n) is 1.84. The molecule has 0 bridgehead atoms. The first kappa shape index (κ1) is 13.8. The van der Waals surface area contributed by atoms with Crippen molar-refractivity contribution >= 4 is 33.2 Å². The number of alkyl halides is 1. The molecular weight excluding hydrogens is 268 g/mol. The van der Waals surface area contributed by atoms with Gasteiger partial charge >= 0.3 is 0 Å². The van der Waals surface area contributed by atoms with Gasteiger partial charge in [0.15, 0.2) is 0 Å². The molecule has 0 aliphatic carbocycles. The molecule has 0 aromatic heterocycles. The SMILES string of the molecule is COc1ccc(S(=O)(=O)O)c(N=C(N)CCl)c1. The smallest absolute Gasteiger partial charge is 0.296 e. The number of hydrogen-bond acceptors (Lipinski definition) is 4. The van der Waals surface area contributed by atoms with Gasteiger partial charge in [0.2, 0.25) is 0 Å². The maximum atomic E-state index is 11.1. The minimum atomic E-state index is -4.37. The number of ether oxygens (including phenoxy) is 1. The van der Waals surface area contributed by atoms with Crippen molar-refractivity contribution in [3.8, 4) is 5.75 Å². The lowest BCUT2D eigenvalue weighted by Crippen LogP contribution is -2.12. The molecule has 0 aliphatic heterocycles. The average molecular weight is 279 g/mol. The lowest BCUT2D eigenvalue weighted by atomic mass is 10.3. The first-order chi connectivity index (χ1) is 7.88. The third-order valence-corrected chi connectivity index (χ3v) is 3.02. The number of nitrogens with two attached hydrogens (primary N) is 1. The monoisotopic (exact) mass is 278 g/mol. The summed E-state index contributed by atoms with van der Waals surface area (Å²) in [5.74, 6) is 0.366. The molecule has 3 N–H and O–H groups in total. The van der Waals surface area contributed by atoms with Crippen LogP contribution in [0, 0.1) is 0 Å². The van der Waals surface area contributed by atoms with E-state index in [1.165, 1.54) is 25.3 Å². The predicted octanol–water partition coefficient (Wildman–Crippen LogP) is 1.17. The second kappa shape index (κ2) is 5.35. The molecule has 0 atom stereocenters. The van der Waals surface area contributed by atoms with E-state index >= 15 is 0 Å². The Kier molecular flexibility index (Phi) is 4.33. The molecule has 0 amide bonds. The standard InChI is InChI=1S/C9H11ClN2O4S/c1-16-6-2-3-8(17(13,14)15)7(4-6)12-9(11)5-10/h2-4H,5H2,1H3,(H2,11,12)(H,13,14,15). The molecule has 0 fully saturated rings. The Labute approximate surface area is 104 Å². The zero-order valence-corrected chi connectivity index (χ0v) is 10.5. The Morgan fingerprint density at radius 2 is 2.24 bits per heavy atom. The van der Waals surface area contributed by atoms with Crippen LogP contribution >= 0.6 is 11.6 Å². The molecule has 0 saturated carbocycles. The normalized spacial score (nSPS) is 12.5. The van der Waals surface area contributed by atoms with Gasteiger partial charge in [-0.3, -0.25) is 4.55 Å². The van der Waals surface area contributed by atoms with Crippen LogP contribution in [0.5, 0.6) is 5.75 Å². The molecule has 94 valence electrons.